The number of nitrogens with zero attached hydrogens (tertiary/aromatic N) is 1. The van der Waals surface area contributed by atoms with Crippen molar-refractivity contribution in [3.63, 3.8) is 0 Å². The third-order valence-corrected chi connectivity index (χ3v) is 5.83. The molecule has 3 aromatic rings. The summed E-state index contributed by atoms with van der Waals surface area (Å²) in [7, 11) is 1.59. The molecular formula is C18H17ClN2O3S. The summed E-state index contributed by atoms with van der Waals surface area (Å²) in [4.78, 5) is 17.4. The van der Waals surface area contributed by atoms with E-state index in [1.54, 1.807) is 33.9 Å². The summed E-state index contributed by atoms with van der Waals surface area (Å²) in [6.45, 7) is 5.28. The molecule has 5 nitrogen and oxygen atoms in total. The van der Waals surface area contributed by atoms with E-state index in [0.717, 1.165) is 15.6 Å². The van der Waals surface area contributed by atoms with Gasteiger partial charge in [-0.15, -0.1) is 11.3 Å². The first kappa shape index (κ1) is 17.5. The third kappa shape index (κ3) is 3.03. The van der Waals surface area contributed by atoms with Crippen molar-refractivity contribution in [2.24, 2.45) is 0 Å². The van der Waals surface area contributed by atoms with Crippen LogP contribution >= 0.6 is 22.9 Å². The molecular weight excluding hydrogens is 360 g/mol. The maximum Gasteiger partial charge on any atom is 0.268 e. The van der Waals surface area contributed by atoms with E-state index in [1.807, 2.05) is 12.1 Å². The number of amides is 1. The SMILES string of the molecule is COc1ccc2c(Cl)c(C(=O)Nc3nc(C)c(O)c(C)c3C)sc2c1. The van der Waals surface area contributed by atoms with E-state index in [1.165, 1.54) is 11.3 Å². The topological polar surface area (TPSA) is 71.5 Å². The predicted octanol–water partition coefficient (Wildman–Crippen LogP) is 4.84. The first-order valence-electron chi connectivity index (χ1n) is 7.57. The summed E-state index contributed by atoms with van der Waals surface area (Å²) in [6, 6.07) is 5.49. The van der Waals surface area contributed by atoms with Crippen molar-refractivity contribution >= 4 is 44.7 Å². The molecule has 0 unspecified atom stereocenters. The lowest BCUT2D eigenvalue weighted by Crippen LogP contribution is -2.14. The second-order valence-electron chi connectivity index (χ2n) is 5.71. The number of halogens is 1. The Morgan fingerprint density at radius 1 is 1.28 bits per heavy atom. The first-order chi connectivity index (χ1) is 11.8. The van der Waals surface area contributed by atoms with Gasteiger partial charge in [0.25, 0.3) is 5.91 Å². The number of fused-ring (bicyclic) bond motifs is 1. The maximum atomic E-state index is 12.7. The standard InChI is InChI=1S/C18H17ClN2O3S/c1-8-9(2)17(20-10(3)15(8)22)21-18(23)16-14(19)12-6-5-11(24-4)7-13(12)25-16/h5-7,22H,1-4H3,(H,20,21,23). The number of methoxy groups -OCH3 is 1. The van der Waals surface area contributed by atoms with E-state index in [4.69, 9.17) is 16.3 Å². The van der Waals surface area contributed by atoms with Crippen molar-refractivity contribution in [1.82, 2.24) is 4.98 Å². The number of carbonyl (C=O) groups excluding carboxylic acids is 1. The Kier molecular flexibility index (Phi) is 4.58. The third-order valence-electron chi connectivity index (χ3n) is 4.17. The average molecular weight is 377 g/mol. The number of carbonyl (C=O) groups is 1. The van der Waals surface area contributed by atoms with E-state index in [9.17, 15) is 9.90 Å². The Hall–Kier alpha value is -2.31. The number of aryl methyl sites for hydroxylation is 1. The van der Waals surface area contributed by atoms with Gasteiger partial charge in [-0.05, 0) is 50.1 Å². The van der Waals surface area contributed by atoms with Gasteiger partial charge >= 0.3 is 0 Å². The number of ether oxygens (including phenoxy) is 1. The molecule has 1 aromatic carbocycles. The van der Waals surface area contributed by atoms with Gasteiger partial charge in [0.15, 0.2) is 0 Å². The van der Waals surface area contributed by atoms with Crippen molar-refractivity contribution in [2.45, 2.75) is 20.8 Å². The van der Waals surface area contributed by atoms with Gasteiger partial charge in [-0.2, -0.15) is 0 Å². The van der Waals surface area contributed by atoms with E-state index in [0.29, 0.717) is 32.7 Å². The van der Waals surface area contributed by atoms with Crippen LogP contribution in [-0.4, -0.2) is 23.1 Å². The lowest BCUT2D eigenvalue weighted by atomic mass is 10.1. The zero-order chi connectivity index (χ0) is 18.3. The minimum atomic E-state index is -0.328. The summed E-state index contributed by atoms with van der Waals surface area (Å²) in [5.41, 5.74) is 1.87. The van der Waals surface area contributed by atoms with Gasteiger partial charge in [-0.1, -0.05) is 11.6 Å². The molecule has 130 valence electrons. The molecule has 0 atom stereocenters. The van der Waals surface area contributed by atoms with Gasteiger partial charge in [0, 0.05) is 10.1 Å². The number of nitrogens with one attached hydrogen (secondary N) is 1. The minimum absolute atomic E-state index is 0.141. The van der Waals surface area contributed by atoms with Gasteiger partial charge in [0.05, 0.1) is 17.8 Å². The van der Waals surface area contributed by atoms with Crippen LogP contribution in [-0.2, 0) is 0 Å². The number of hydrogen-bond acceptors (Lipinski definition) is 5. The lowest BCUT2D eigenvalue weighted by molar-refractivity contribution is 0.103. The van der Waals surface area contributed by atoms with Crippen LogP contribution in [0.15, 0.2) is 18.2 Å². The van der Waals surface area contributed by atoms with Crippen molar-refractivity contribution in [3.05, 3.63) is 44.9 Å². The lowest BCUT2D eigenvalue weighted by Gasteiger charge is -2.12. The second-order valence-corrected chi connectivity index (χ2v) is 7.14. The zero-order valence-corrected chi connectivity index (χ0v) is 15.8. The van der Waals surface area contributed by atoms with Crippen molar-refractivity contribution in [3.8, 4) is 11.5 Å². The van der Waals surface area contributed by atoms with Crippen LogP contribution in [0.2, 0.25) is 5.02 Å². The molecule has 2 heterocycles. The van der Waals surface area contributed by atoms with Gasteiger partial charge in [0.1, 0.15) is 22.2 Å². The molecule has 1 amide bonds. The van der Waals surface area contributed by atoms with E-state index in [-0.39, 0.29) is 11.7 Å². The largest absolute Gasteiger partial charge is 0.506 e. The van der Waals surface area contributed by atoms with E-state index in [2.05, 4.69) is 10.3 Å². The van der Waals surface area contributed by atoms with Crippen LogP contribution in [0.1, 0.15) is 26.5 Å². The summed E-state index contributed by atoms with van der Waals surface area (Å²) in [5.74, 6) is 0.941. The molecule has 0 saturated heterocycles. The normalized spacial score (nSPS) is 10.9. The number of pyridine rings is 1. The maximum absolute atomic E-state index is 12.7. The number of benzene rings is 1. The molecule has 3 rings (SSSR count). The highest BCUT2D eigenvalue weighted by Gasteiger charge is 2.20. The zero-order valence-electron chi connectivity index (χ0n) is 14.2. The number of anilines is 1. The van der Waals surface area contributed by atoms with Gasteiger partial charge < -0.3 is 15.2 Å². The molecule has 25 heavy (non-hydrogen) atoms. The van der Waals surface area contributed by atoms with Crippen molar-refractivity contribution < 1.29 is 14.6 Å². The highest BCUT2D eigenvalue weighted by atomic mass is 35.5. The van der Waals surface area contributed by atoms with Crippen LogP contribution in [0, 0.1) is 20.8 Å². The Labute approximate surface area is 154 Å². The number of aromatic nitrogens is 1. The first-order valence-corrected chi connectivity index (χ1v) is 8.77. The molecule has 2 aromatic heterocycles. The Balaban J connectivity index is 2.00. The highest BCUT2D eigenvalue weighted by molar-refractivity contribution is 7.21. The van der Waals surface area contributed by atoms with Gasteiger partial charge in [-0.25, -0.2) is 4.98 Å². The van der Waals surface area contributed by atoms with Crippen LogP contribution < -0.4 is 10.1 Å². The molecule has 7 heteroatoms. The summed E-state index contributed by atoms with van der Waals surface area (Å²) >= 11 is 7.69. The van der Waals surface area contributed by atoms with Crippen LogP contribution in [0.5, 0.6) is 11.5 Å². The minimum Gasteiger partial charge on any atom is -0.506 e. The average Bonchev–Trinajstić information content (AvgIpc) is 2.94. The summed E-state index contributed by atoms with van der Waals surface area (Å²) in [6.07, 6.45) is 0. The molecule has 2 N–H and O–H groups in total. The monoisotopic (exact) mass is 376 g/mol. The fourth-order valence-electron chi connectivity index (χ4n) is 2.54. The summed E-state index contributed by atoms with van der Waals surface area (Å²) < 4.78 is 6.08. The smallest absolute Gasteiger partial charge is 0.268 e. The van der Waals surface area contributed by atoms with Crippen LogP contribution in [0.4, 0.5) is 5.82 Å². The highest BCUT2D eigenvalue weighted by Crippen LogP contribution is 2.38. The molecule has 0 radical (unpaired) electrons. The molecule has 0 spiro atoms. The van der Waals surface area contributed by atoms with E-state index >= 15 is 0 Å². The molecule has 0 fully saturated rings. The fourth-order valence-corrected chi connectivity index (χ4v) is 3.98. The second kappa shape index (κ2) is 6.54. The molecule has 0 aliphatic heterocycles. The quantitative estimate of drug-likeness (QED) is 0.686. The van der Waals surface area contributed by atoms with E-state index < -0.39 is 0 Å². The fraction of sp³-hybridized carbons (Fsp3) is 0.222. The Bertz CT molecular complexity index is 998. The number of thiophene rings is 1. The Morgan fingerprint density at radius 3 is 2.68 bits per heavy atom. The van der Waals surface area contributed by atoms with Crippen LogP contribution in [0.25, 0.3) is 10.1 Å². The van der Waals surface area contributed by atoms with Crippen molar-refractivity contribution in [2.75, 3.05) is 12.4 Å². The Morgan fingerprint density at radius 2 is 2.00 bits per heavy atom. The van der Waals surface area contributed by atoms with Gasteiger partial charge in [0.2, 0.25) is 0 Å². The molecule has 0 aliphatic carbocycles. The molecule has 0 saturated carbocycles. The summed E-state index contributed by atoms with van der Waals surface area (Å²) in [5, 5.41) is 14.0. The molecule has 0 bridgehead atoms. The predicted molar refractivity (Wildman–Crippen MR) is 101 cm³/mol. The van der Waals surface area contributed by atoms with Gasteiger partial charge in [-0.3, -0.25) is 4.79 Å². The number of rotatable bonds is 3. The molecule has 0 aliphatic rings. The number of hydrogen-bond donors (Lipinski definition) is 2. The van der Waals surface area contributed by atoms with Crippen LogP contribution in [0.3, 0.4) is 0 Å². The van der Waals surface area contributed by atoms with Crippen molar-refractivity contribution in [1.29, 1.82) is 0 Å². The number of aromatic hydroxyl groups is 1.